The van der Waals surface area contributed by atoms with Crippen LogP contribution in [0.5, 0.6) is 0 Å². The van der Waals surface area contributed by atoms with Gasteiger partial charge in [-0.3, -0.25) is 0 Å². The van der Waals surface area contributed by atoms with Crippen LogP contribution in [0.2, 0.25) is 0 Å². The Kier molecular flexibility index (Phi) is 5.85. The van der Waals surface area contributed by atoms with Crippen LogP contribution in [0.4, 0.5) is 0 Å². The molecule has 0 saturated heterocycles. The van der Waals surface area contributed by atoms with Crippen LogP contribution in [0.15, 0.2) is 138 Å². The summed E-state index contributed by atoms with van der Waals surface area (Å²) in [6.45, 7) is 0. The van der Waals surface area contributed by atoms with E-state index in [1.54, 1.807) is 22.7 Å². The van der Waals surface area contributed by atoms with Gasteiger partial charge in [-0.05, 0) is 48.5 Å². The molecule has 0 aliphatic heterocycles. The molecule has 0 saturated carbocycles. The second-order valence-electron chi connectivity index (χ2n) is 11.4. The lowest BCUT2D eigenvalue weighted by Gasteiger charge is -2.10. The summed E-state index contributed by atoms with van der Waals surface area (Å²) in [6, 6.07) is 45.8. The number of hydrogen-bond donors (Lipinski definition) is 0. The molecule has 220 valence electrons. The Hall–Kier alpha value is -5.76. The Morgan fingerprint density at radius 2 is 1.15 bits per heavy atom. The average molecular weight is 639 g/mol. The summed E-state index contributed by atoms with van der Waals surface area (Å²) < 4.78 is 11.0. The van der Waals surface area contributed by atoms with Crippen molar-refractivity contribution in [3.63, 3.8) is 0 Å². The molecule has 0 radical (unpaired) electrons. The van der Waals surface area contributed by atoms with Crippen LogP contribution < -0.4 is 0 Å². The van der Waals surface area contributed by atoms with E-state index < -0.39 is 0 Å². The van der Waals surface area contributed by atoms with Crippen LogP contribution in [0.1, 0.15) is 0 Å². The van der Waals surface area contributed by atoms with Gasteiger partial charge in [-0.1, -0.05) is 84.9 Å². The predicted molar refractivity (Wildman–Crippen MR) is 195 cm³/mol. The first-order valence-corrected chi connectivity index (χ1v) is 16.9. The number of oxazole rings is 1. The Morgan fingerprint density at radius 3 is 2.06 bits per heavy atom. The van der Waals surface area contributed by atoms with Crippen LogP contribution in [-0.4, -0.2) is 19.9 Å². The monoisotopic (exact) mass is 638 g/mol. The number of aromatic nitrogens is 4. The highest BCUT2D eigenvalue weighted by atomic mass is 32.1. The van der Waals surface area contributed by atoms with Gasteiger partial charge in [0, 0.05) is 57.0 Å². The highest BCUT2D eigenvalue weighted by molar-refractivity contribution is 7.26. The minimum atomic E-state index is 0.620. The molecule has 47 heavy (non-hydrogen) atoms. The highest BCUT2D eigenvalue weighted by Gasteiger charge is 2.20. The third kappa shape index (κ3) is 4.28. The third-order valence-corrected chi connectivity index (χ3v) is 10.9. The number of para-hydroxylation sites is 2. The maximum absolute atomic E-state index is 6.22. The Labute approximate surface area is 276 Å². The smallest absolute Gasteiger partial charge is 0.228 e. The topological polar surface area (TPSA) is 64.7 Å². The summed E-state index contributed by atoms with van der Waals surface area (Å²) in [6.07, 6.45) is 0. The maximum atomic E-state index is 6.22. The minimum absolute atomic E-state index is 0.620. The quantitative estimate of drug-likeness (QED) is 0.192. The Bertz CT molecular complexity index is 2780. The van der Waals surface area contributed by atoms with E-state index in [-0.39, 0.29) is 0 Å². The highest BCUT2D eigenvalue weighted by Crippen LogP contribution is 2.44. The van der Waals surface area contributed by atoms with E-state index in [0.29, 0.717) is 23.4 Å². The zero-order valence-corrected chi connectivity index (χ0v) is 26.3. The number of nitrogens with zero attached hydrogens (tertiary/aromatic N) is 4. The van der Waals surface area contributed by atoms with E-state index in [4.69, 9.17) is 24.4 Å². The molecule has 0 aliphatic carbocycles. The van der Waals surface area contributed by atoms with Crippen molar-refractivity contribution in [3.05, 3.63) is 133 Å². The molecule has 6 aromatic carbocycles. The van der Waals surface area contributed by atoms with E-state index >= 15 is 0 Å². The SMILES string of the molecule is c1ccc(-c2nc(-c3ccc4sc5ccccc5c4c3)nc(-c3cccc4sc5c(-c6nc7ccccc7o6)cccc5c34)n2)cc1. The van der Waals surface area contributed by atoms with Gasteiger partial charge in [-0.25, -0.2) is 19.9 Å². The molecule has 0 unspecified atom stereocenters. The van der Waals surface area contributed by atoms with Crippen molar-refractivity contribution < 1.29 is 4.42 Å². The number of thiophene rings is 2. The summed E-state index contributed by atoms with van der Waals surface area (Å²) in [7, 11) is 0. The van der Waals surface area contributed by atoms with Gasteiger partial charge in [0.1, 0.15) is 5.52 Å². The number of rotatable bonds is 4. The van der Waals surface area contributed by atoms with Crippen LogP contribution in [0.25, 0.3) is 97.1 Å². The molecule has 0 N–H and O–H groups in total. The lowest BCUT2D eigenvalue weighted by Crippen LogP contribution is -2.00. The first kappa shape index (κ1) is 26.5. The normalized spacial score (nSPS) is 11.8. The summed E-state index contributed by atoms with van der Waals surface area (Å²) >= 11 is 3.54. The van der Waals surface area contributed by atoms with Crippen molar-refractivity contribution in [3.8, 4) is 45.6 Å². The first-order chi connectivity index (χ1) is 23.3. The van der Waals surface area contributed by atoms with Crippen LogP contribution >= 0.6 is 22.7 Å². The van der Waals surface area contributed by atoms with Gasteiger partial charge in [-0.2, -0.15) is 0 Å². The van der Waals surface area contributed by atoms with Gasteiger partial charge < -0.3 is 4.42 Å². The zero-order chi connectivity index (χ0) is 30.9. The first-order valence-electron chi connectivity index (χ1n) is 15.3. The fourth-order valence-corrected chi connectivity index (χ4v) is 8.72. The van der Waals surface area contributed by atoms with Crippen LogP contribution in [-0.2, 0) is 0 Å². The molecule has 10 rings (SSSR count). The van der Waals surface area contributed by atoms with Gasteiger partial charge in [0.2, 0.25) is 5.89 Å². The molecular formula is C40H22N4OS2. The second kappa shape index (κ2) is 10.4. The van der Waals surface area contributed by atoms with E-state index in [0.717, 1.165) is 53.5 Å². The summed E-state index contributed by atoms with van der Waals surface area (Å²) in [5, 5.41) is 4.69. The van der Waals surface area contributed by atoms with Gasteiger partial charge in [0.25, 0.3) is 0 Å². The Balaban J connectivity index is 1.20. The fraction of sp³-hybridized carbons (Fsp3) is 0. The molecule has 7 heteroatoms. The predicted octanol–water partition coefficient (Wildman–Crippen LogP) is 11.4. The molecule has 0 atom stereocenters. The van der Waals surface area contributed by atoms with E-state index in [1.807, 2.05) is 54.6 Å². The molecule has 0 aliphatic rings. The lowest BCUT2D eigenvalue weighted by atomic mass is 10.0. The van der Waals surface area contributed by atoms with Gasteiger partial charge in [0.05, 0.1) is 5.56 Å². The molecule has 0 fully saturated rings. The van der Waals surface area contributed by atoms with Crippen molar-refractivity contribution in [2.24, 2.45) is 0 Å². The van der Waals surface area contributed by atoms with Crippen LogP contribution in [0, 0.1) is 0 Å². The summed E-state index contributed by atoms with van der Waals surface area (Å²) in [5.74, 6) is 2.55. The van der Waals surface area contributed by atoms with E-state index in [9.17, 15) is 0 Å². The number of benzene rings is 6. The van der Waals surface area contributed by atoms with Crippen molar-refractivity contribution in [2.75, 3.05) is 0 Å². The van der Waals surface area contributed by atoms with Gasteiger partial charge in [0.15, 0.2) is 23.1 Å². The molecule has 0 amide bonds. The fourth-order valence-electron chi connectivity index (χ4n) is 6.40. The molecule has 10 aromatic rings. The van der Waals surface area contributed by atoms with E-state index in [2.05, 4.69) is 78.9 Å². The molecular weight excluding hydrogens is 617 g/mol. The lowest BCUT2D eigenvalue weighted by molar-refractivity contribution is 0.621. The summed E-state index contributed by atoms with van der Waals surface area (Å²) in [4.78, 5) is 20.1. The molecule has 5 nitrogen and oxygen atoms in total. The average Bonchev–Trinajstić information content (AvgIpc) is 3.84. The van der Waals surface area contributed by atoms with Crippen molar-refractivity contribution in [1.29, 1.82) is 0 Å². The molecule has 4 aromatic heterocycles. The zero-order valence-electron chi connectivity index (χ0n) is 24.7. The maximum Gasteiger partial charge on any atom is 0.228 e. The largest absolute Gasteiger partial charge is 0.436 e. The summed E-state index contributed by atoms with van der Waals surface area (Å²) in [5.41, 5.74) is 5.47. The standard InChI is InChI=1S/C40H22N4OS2/c1-2-10-23(11-3-1)37-42-38(24-20-21-33-29(22-24)25-12-4-7-18-32(25)46-33)44-39(43-37)27-14-9-19-34-35(27)26-13-8-15-28(36(26)47-34)40-41-30-16-5-6-17-31(30)45-40/h1-22H. The van der Waals surface area contributed by atoms with Crippen molar-refractivity contribution in [2.45, 2.75) is 0 Å². The Morgan fingerprint density at radius 1 is 0.447 bits per heavy atom. The van der Waals surface area contributed by atoms with Gasteiger partial charge >= 0.3 is 0 Å². The van der Waals surface area contributed by atoms with Crippen molar-refractivity contribution in [1.82, 2.24) is 19.9 Å². The minimum Gasteiger partial charge on any atom is -0.436 e. The number of hydrogen-bond acceptors (Lipinski definition) is 7. The molecule has 0 spiro atoms. The van der Waals surface area contributed by atoms with E-state index in [1.165, 1.54) is 20.2 Å². The third-order valence-electron chi connectivity index (χ3n) is 8.59. The molecule has 0 bridgehead atoms. The molecule has 4 heterocycles. The van der Waals surface area contributed by atoms with Crippen molar-refractivity contribution >= 4 is 74.1 Å². The second-order valence-corrected chi connectivity index (χ2v) is 13.6. The van der Waals surface area contributed by atoms with Gasteiger partial charge in [-0.15, -0.1) is 22.7 Å². The van der Waals surface area contributed by atoms with Crippen LogP contribution in [0.3, 0.4) is 0 Å². The number of fused-ring (bicyclic) bond motifs is 7.